The van der Waals surface area contributed by atoms with Gasteiger partial charge in [0.25, 0.3) is 0 Å². The standard InChI is InChI=1S/C16H14N2O/c19-15-10-11-16(12-6-2-1-3-7-12)17-13-8-4-5-9-14(13)18(15)16/h1-9,17H,10-11H2/t16-/m1/s1. The Bertz CT molecular complexity index is 653. The Labute approximate surface area is 111 Å². The van der Waals surface area contributed by atoms with Crippen LogP contribution >= 0.6 is 0 Å². The molecule has 1 saturated heterocycles. The summed E-state index contributed by atoms with van der Waals surface area (Å²) in [5, 5.41) is 3.56. The Morgan fingerprint density at radius 2 is 1.74 bits per heavy atom. The second-order valence-corrected chi connectivity index (χ2v) is 5.10. The number of nitrogens with zero attached hydrogens (tertiary/aromatic N) is 1. The Balaban J connectivity index is 1.93. The third-order valence-corrected chi connectivity index (χ3v) is 4.07. The van der Waals surface area contributed by atoms with Gasteiger partial charge in [0.05, 0.1) is 11.4 Å². The largest absolute Gasteiger partial charge is 0.357 e. The molecule has 0 saturated carbocycles. The van der Waals surface area contributed by atoms with Crippen LogP contribution in [-0.4, -0.2) is 5.91 Å². The van der Waals surface area contributed by atoms with Crippen molar-refractivity contribution in [1.82, 2.24) is 0 Å². The van der Waals surface area contributed by atoms with Crippen LogP contribution in [0.4, 0.5) is 11.4 Å². The summed E-state index contributed by atoms with van der Waals surface area (Å²) in [6.45, 7) is 0. The third-order valence-electron chi connectivity index (χ3n) is 4.07. The molecule has 0 aromatic heterocycles. The van der Waals surface area contributed by atoms with Crippen LogP contribution in [-0.2, 0) is 10.5 Å². The molecule has 3 heteroatoms. The van der Waals surface area contributed by atoms with E-state index in [1.54, 1.807) is 0 Å². The monoisotopic (exact) mass is 250 g/mol. The predicted molar refractivity (Wildman–Crippen MR) is 74.9 cm³/mol. The fourth-order valence-electron chi connectivity index (χ4n) is 3.24. The van der Waals surface area contributed by atoms with Gasteiger partial charge in [-0.05, 0) is 17.7 Å². The van der Waals surface area contributed by atoms with Gasteiger partial charge in [0.2, 0.25) is 5.91 Å². The molecule has 1 fully saturated rings. The molecule has 3 nitrogen and oxygen atoms in total. The fraction of sp³-hybridized carbons (Fsp3) is 0.188. The first kappa shape index (κ1) is 10.6. The van der Waals surface area contributed by atoms with Crippen molar-refractivity contribution < 1.29 is 4.79 Å². The van der Waals surface area contributed by atoms with Crippen molar-refractivity contribution in [2.24, 2.45) is 0 Å². The molecule has 19 heavy (non-hydrogen) atoms. The summed E-state index contributed by atoms with van der Waals surface area (Å²) in [4.78, 5) is 14.2. The van der Waals surface area contributed by atoms with Crippen LogP contribution < -0.4 is 10.2 Å². The highest BCUT2D eigenvalue weighted by Crippen LogP contribution is 2.51. The van der Waals surface area contributed by atoms with Crippen molar-refractivity contribution in [3.05, 3.63) is 60.2 Å². The first-order valence-electron chi connectivity index (χ1n) is 6.57. The van der Waals surface area contributed by atoms with Crippen molar-refractivity contribution in [2.45, 2.75) is 18.5 Å². The average molecular weight is 250 g/mol. The van der Waals surface area contributed by atoms with Gasteiger partial charge in [0.15, 0.2) is 0 Å². The molecule has 0 unspecified atom stereocenters. The Morgan fingerprint density at radius 3 is 2.58 bits per heavy atom. The first-order valence-corrected chi connectivity index (χ1v) is 6.57. The number of carbonyl (C=O) groups is 1. The smallest absolute Gasteiger partial charge is 0.229 e. The number of benzene rings is 2. The Hall–Kier alpha value is -2.29. The van der Waals surface area contributed by atoms with E-state index in [4.69, 9.17) is 0 Å². The lowest BCUT2D eigenvalue weighted by Crippen LogP contribution is -2.44. The number of hydrogen-bond acceptors (Lipinski definition) is 2. The zero-order chi connectivity index (χ0) is 12.9. The van der Waals surface area contributed by atoms with Gasteiger partial charge in [-0.15, -0.1) is 0 Å². The minimum Gasteiger partial charge on any atom is -0.357 e. The molecule has 2 heterocycles. The third kappa shape index (κ3) is 1.30. The molecule has 2 aromatic carbocycles. The number of nitrogens with one attached hydrogen (secondary N) is 1. The lowest BCUT2D eigenvalue weighted by molar-refractivity contribution is -0.117. The summed E-state index contributed by atoms with van der Waals surface area (Å²) in [5.74, 6) is 0.196. The maximum atomic E-state index is 12.3. The van der Waals surface area contributed by atoms with E-state index >= 15 is 0 Å². The molecule has 94 valence electrons. The summed E-state index contributed by atoms with van der Waals surface area (Å²) < 4.78 is 0. The second-order valence-electron chi connectivity index (χ2n) is 5.10. The minimum atomic E-state index is -0.387. The van der Waals surface area contributed by atoms with E-state index in [0.717, 1.165) is 23.4 Å². The molecular formula is C16H14N2O. The summed E-state index contributed by atoms with van der Waals surface area (Å²) in [5.41, 5.74) is 2.80. The first-order chi connectivity index (χ1) is 9.31. The lowest BCUT2D eigenvalue weighted by Gasteiger charge is -2.32. The molecule has 0 aliphatic carbocycles. The lowest BCUT2D eigenvalue weighted by atomic mass is 9.97. The number of anilines is 2. The molecule has 2 aliphatic rings. The van der Waals surface area contributed by atoms with Gasteiger partial charge in [0, 0.05) is 12.8 Å². The van der Waals surface area contributed by atoms with Crippen LogP contribution in [0, 0.1) is 0 Å². The van der Waals surface area contributed by atoms with E-state index in [1.807, 2.05) is 47.4 Å². The number of carbonyl (C=O) groups excluding carboxylic acids is 1. The van der Waals surface area contributed by atoms with Crippen LogP contribution in [0.15, 0.2) is 54.6 Å². The van der Waals surface area contributed by atoms with Crippen molar-refractivity contribution in [3.63, 3.8) is 0 Å². The van der Waals surface area contributed by atoms with Crippen LogP contribution in [0.3, 0.4) is 0 Å². The quantitative estimate of drug-likeness (QED) is 0.843. The number of para-hydroxylation sites is 2. The van der Waals surface area contributed by atoms with E-state index in [1.165, 1.54) is 0 Å². The van der Waals surface area contributed by atoms with E-state index in [0.29, 0.717) is 6.42 Å². The summed E-state index contributed by atoms with van der Waals surface area (Å²) in [6, 6.07) is 18.2. The number of hydrogen-bond donors (Lipinski definition) is 1. The van der Waals surface area contributed by atoms with Gasteiger partial charge >= 0.3 is 0 Å². The molecule has 2 aliphatic heterocycles. The highest BCUT2D eigenvalue weighted by Gasteiger charge is 2.52. The van der Waals surface area contributed by atoms with Gasteiger partial charge in [-0.25, -0.2) is 0 Å². The van der Waals surface area contributed by atoms with E-state index in [9.17, 15) is 4.79 Å². The second kappa shape index (κ2) is 3.60. The van der Waals surface area contributed by atoms with E-state index < -0.39 is 0 Å². The van der Waals surface area contributed by atoms with E-state index in [-0.39, 0.29) is 11.6 Å². The van der Waals surface area contributed by atoms with Crippen LogP contribution in [0.25, 0.3) is 0 Å². The van der Waals surface area contributed by atoms with Gasteiger partial charge in [-0.3, -0.25) is 9.69 Å². The zero-order valence-corrected chi connectivity index (χ0v) is 10.5. The molecule has 4 rings (SSSR count). The van der Waals surface area contributed by atoms with E-state index in [2.05, 4.69) is 17.4 Å². The highest BCUT2D eigenvalue weighted by molar-refractivity contribution is 6.04. The highest BCUT2D eigenvalue weighted by atomic mass is 16.2. The maximum absolute atomic E-state index is 12.3. The average Bonchev–Trinajstić information content (AvgIpc) is 2.96. The fourth-order valence-corrected chi connectivity index (χ4v) is 3.24. The van der Waals surface area contributed by atoms with Gasteiger partial charge in [-0.1, -0.05) is 42.5 Å². The van der Waals surface area contributed by atoms with Crippen LogP contribution in [0.1, 0.15) is 18.4 Å². The zero-order valence-electron chi connectivity index (χ0n) is 10.5. The van der Waals surface area contributed by atoms with Gasteiger partial charge in [0.1, 0.15) is 5.66 Å². The molecule has 1 N–H and O–H groups in total. The van der Waals surface area contributed by atoms with Crippen LogP contribution in [0.2, 0.25) is 0 Å². The summed E-state index contributed by atoms with van der Waals surface area (Å²) in [6.07, 6.45) is 1.40. The Kier molecular flexibility index (Phi) is 2.01. The molecule has 0 radical (unpaired) electrons. The van der Waals surface area contributed by atoms with Gasteiger partial charge in [-0.2, -0.15) is 0 Å². The normalized spacial score (nSPS) is 24.0. The number of amides is 1. The van der Waals surface area contributed by atoms with Crippen molar-refractivity contribution in [3.8, 4) is 0 Å². The molecule has 0 spiro atoms. The molecule has 0 bridgehead atoms. The predicted octanol–water partition coefficient (Wildman–Crippen LogP) is 3.09. The summed E-state index contributed by atoms with van der Waals surface area (Å²) >= 11 is 0. The SMILES string of the molecule is O=C1CC[C@@]2(c3ccccc3)Nc3ccccc3N12. The molecule has 1 amide bonds. The number of rotatable bonds is 1. The minimum absolute atomic E-state index is 0.196. The Morgan fingerprint density at radius 1 is 1.00 bits per heavy atom. The van der Waals surface area contributed by atoms with Crippen LogP contribution in [0.5, 0.6) is 0 Å². The van der Waals surface area contributed by atoms with Crippen molar-refractivity contribution >= 4 is 17.3 Å². The van der Waals surface area contributed by atoms with Gasteiger partial charge < -0.3 is 5.32 Å². The summed E-state index contributed by atoms with van der Waals surface area (Å²) in [7, 11) is 0. The molecule has 2 aromatic rings. The maximum Gasteiger partial charge on any atom is 0.229 e. The molecular weight excluding hydrogens is 236 g/mol. The van der Waals surface area contributed by atoms with Crippen molar-refractivity contribution in [1.29, 1.82) is 0 Å². The number of fused-ring (bicyclic) bond motifs is 3. The molecule has 1 atom stereocenters. The van der Waals surface area contributed by atoms with Crippen molar-refractivity contribution in [2.75, 3.05) is 10.2 Å². The topological polar surface area (TPSA) is 32.3 Å².